The molecule has 1 N–H and O–H groups in total. The number of ether oxygens (including phenoxy) is 1. The number of nitrogens with one attached hydrogen (secondary N) is 1. The number of allylic oxidation sites excluding steroid dienone is 1. The van der Waals surface area contributed by atoms with Crippen molar-refractivity contribution >= 4 is 29.9 Å². The van der Waals surface area contributed by atoms with E-state index >= 15 is 0 Å². The highest BCUT2D eigenvalue weighted by molar-refractivity contribution is 14.0. The van der Waals surface area contributed by atoms with E-state index in [9.17, 15) is 0 Å². The Hall–Kier alpha value is -0.300. The Bertz CT molecular complexity index is 475. The molecule has 4 atom stereocenters. The van der Waals surface area contributed by atoms with Crippen molar-refractivity contribution in [3.05, 3.63) is 11.6 Å². The molecule has 1 aliphatic carbocycles. The zero-order valence-electron chi connectivity index (χ0n) is 14.9. The summed E-state index contributed by atoms with van der Waals surface area (Å²) in [6.45, 7) is 6.34. The molecule has 0 saturated carbocycles. The molecule has 0 aromatic heterocycles. The minimum atomic E-state index is 0. The van der Waals surface area contributed by atoms with Crippen molar-refractivity contribution in [1.82, 2.24) is 10.2 Å². The summed E-state index contributed by atoms with van der Waals surface area (Å²) in [6.07, 6.45) is 12.5. The van der Waals surface area contributed by atoms with Gasteiger partial charge in [-0.25, -0.2) is 0 Å². The molecule has 4 rings (SSSR count). The molecule has 0 radical (unpaired) electrons. The van der Waals surface area contributed by atoms with Crippen molar-refractivity contribution in [2.24, 2.45) is 16.8 Å². The van der Waals surface area contributed by atoms with E-state index in [-0.39, 0.29) is 24.0 Å². The largest absolute Gasteiger partial charge is 0.374 e. The number of guanidine groups is 1. The normalized spacial score (nSPS) is 34.8. The fraction of sp³-hybridized carbons (Fsp3) is 0.842. The lowest BCUT2D eigenvalue weighted by Crippen LogP contribution is -2.41. The maximum atomic E-state index is 6.09. The van der Waals surface area contributed by atoms with Gasteiger partial charge in [0, 0.05) is 38.0 Å². The van der Waals surface area contributed by atoms with Gasteiger partial charge in [-0.2, -0.15) is 0 Å². The van der Waals surface area contributed by atoms with E-state index < -0.39 is 0 Å². The van der Waals surface area contributed by atoms with Crippen LogP contribution in [-0.2, 0) is 4.74 Å². The fourth-order valence-electron chi connectivity index (χ4n) is 5.00. The first-order chi connectivity index (χ1) is 11.3. The highest BCUT2D eigenvalue weighted by atomic mass is 127. The molecule has 0 aromatic carbocycles. The maximum Gasteiger partial charge on any atom is 0.193 e. The molecule has 24 heavy (non-hydrogen) atoms. The van der Waals surface area contributed by atoms with Crippen molar-refractivity contribution in [1.29, 1.82) is 0 Å². The van der Waals surface area contributed by atoms with Crippen LogP contribution >= 0.6 is 24.0 Å². The number of hydrogen-bond acceptors (Lipinski definition) is 2. The minimum absolute atomic E-state index is 0. The topological polar surface area (TPSA) is 36.9 Å². The first kappa shape index (κ1) is 18.5. The summed E-state index contributed by atoms with van der Waals surface area (Å²) < 4.78 is 6.09. The molecule has 0 amide bonds. The highest BCUT2D eigenvalue weighted by Gasteiger charge is 2.53. The second kappa shape index (κ2) is 8.39. The zero-order valence-corrected chi connectivity index (χ0v) is 17.2. The van der Waals surface area contributed by atoms with Crippen molar-refractivity contribution in [2.45, 2.75) is 64.1 Å². The molecule has 2 bridgehead atoms. The van der Waals surface area contributed by atoms with Gasteiger partial charge in [-0.1, -0.05) is 11.6 Å². The van der Waals surface area contributed by atoms with Gasteiger partial charge in [0.1, 0.15) is 0 Å². The number of aliphatic imine (C=N–C) groups is 1. The molecule has 3 heterocycles. The average Bonchev–Trinajstić information content (AvgIpc) is 3.28. The minimum Gasteiger partial charge on any atom is -0.374 e. The van der Waals surface area contributed by atoms with Crippen molar-refractivity contribution in [3.8, 4) is 0 Å². The molecule has 3 saturated heterocycles. The van der Waals surface area contributed by atoms with Crippen LogP contribution in [0.3, 0.4) is 0 Å². The third-order valence-electron chi connectivity index (χ3n) is 6.17. The number of nitrogens with zero attached hydrogens (tertiary/aromatic N) is 2. The monoisotopic (exact) mass is 445 g/mol. The Morgan fingerprint density at radius 2 is 2.00 bits per heavy atom. The summed E-state index contributed by atoms with van der Waals surface area (Å²) in [5.74, 6) is 2.63. The Kier molecular flexibility index (Phi) is 6.46. The summed E-state index contributed by atoms with van der Waals surface area (Å²) in [5, 5.41) is 3.52. The molecular formula is C19H32IN3O. The fourth-order valence-corrected chi connectivity index (χ4v) is 5.00. The molecule has 0 aromatic rings. The Labute approximate surface area is 163 Å². The van der Waals surface area contributed by atoms with Crippen LogP contribution in [0.25, 0.3) is 0 Å². The van der Waals surface area contributed by atoms with Gasteiger partial charge in [-0.05, 0) is 51.9 Å². The van der Waals surface area contributed by atoms with Gasteiger partial charge in [0.05, 0.1) is 12.2 Å². The smallest absolute Gasteiger partial charge is 0.193 e. The van der Waals surface area contributed by atoms with E-state index in [1.165, 1.54) is 38.5 Å². The lowest BCUT2D eigenvalue weighted by molar-refractivity contribution is 0.0767. The summed E-state index contributed by atoms with van der Waals surface area (Å²) >= 11 is 0. The van der Waals surface area contributed by atoms with Crippen LogP contribution in [0.2, 0.25) is 0 Å². The molecule has 4 unspecified atom stereocenters. The summed E-state index contributed by atoms with van der Waals surface area (Å²) in [7, 11) is 0. The van der Waals surface area contributed by atoms with Gasteiger partial charge >= 0.3 is 0 Å². The Morgan fingerprint density at radius 3 is 2.62 bits per heavy atom. The first-order valence-electron chi connectivity index (χ1n) is 9.71. The standard InChI is InChI=1S/C19H31N3O.HI/c1-2-20-19(21-11-10-14-6-4-3-5-7-14)22-12-15-16(13-22)18-9-8-17(15)23-18;/h6,15-18H,2-5,7-13H2,1H3,(H,20,21);1H. The van der Waals surface area contributed by atoms with Crippen LogP contribution in [0, 0.1) is 11.8 Å². The average molecular weight is 445 g/mol. The lowest BCUT2D eigenvalue weighted by Gasteiger charge is -2.23. The molecule has 136 valence electrons. The third kappa shape index (κ3) is 3.76. The molecule has 4 aliphatic rings. The molecule has 4 nitrogen and oxygen atoms in total. The number of hydrogen-bond donors (Lipinski definition) is 1. The predicted molar refractivity (Wildman–Crippen MR) is 109 cm³/mol. The second-order valence-electron chi connectivity index (χ2n) is 7.62. The van der Waals surface area contributed by atoms with Gasteiger partial charge in [-0.15, -0.1) is 24.0 Å². The zero-order chi connectivity index (χ0) is 15.6. The van der Waals surface area contributed by atoms with E-state index in [0.717, 1.165) is 50.4 Å². The van der Waals surface area contributed by atoms with Crippen molar-refractivity contribution < 1.29 is 4.74 Å². The summed E-state index contributed by atoms with van der Waals surface area (Å²) in [6, 6.07) is 0. The lowest BCUT2D eigenvalue weighted by atomic mass is 9.82. The summed E-state index contributed by atoms with van der Waals surface area (Å²) in [5.41, 5.74) is 1.63. The van der Waals surface area contributed by atoms with E-state index in [1.54, 1.807) is 5.57 Å². The summed E-state index contributed by atoms with van der Waals surface area (Å²) in [4.78, 5) is 7.44. The van der Waals surface area contributed by atoms with Crippen LogP contribution < -0.4 is 5.32 Å². The predicted octanol–water partition coefficient (Wildman–Crippen LogP) is 3.57. The molecule has 3 fully saturated rings. The molecular weight excluding hydrogens is 413 g/mol. The van der Waals surface area contributed by atoms with E-state index in [4.69, 9.17) is 9.73 Å². The van der Waals surface area contributed by atoms with Gasteiger partial charge in [0.2, 0.25) is 0 Å². The van der Waals surface area contributed by atoms with Gasteiger partial charge in [0.25, 0.3) is 0 Å². The van der Waals surface area contributed by atoms with Crippen LogP contribution in [-0.4, -0.2) is 49.2 Å². The maximum absolute atomic E-state index is 6.09. The Morgan fingerprint density at radius 1 is 1.25 bits per heavy atom. The van der Waals surface area contributed by atoms with Gasteiger partial charge in [-0.3, -0.25) is 4.99 Å². The SMILES string of the molecule is CCNC(=NCCC1=CCCCC1)N1CC2C3CCC(O3)C2C1.I. The number of rotatable bonds is 4. The van der Waals surface area contributed by atoms with E-state index in [2.05, 4.69) is 23.2 Å². The first-order valence-corrected chi connectivity index (χ1v) is 9.71. The molecule has 0 spiro atoms. The van der Waals surface area contributed by atoms with Crippen molar-refractivity contribution in [3.63, 3.8) is 0 Å². The Balaban J connectivity index is 0.00000169. The molecule has 3 aliphatic heterocycles. The number of fused-ring (bicyclic) bond motifs is 5. The van der Waals surface area contributed by atoms with E-state index in [0.29, 0.717) is 12.2 Å². The third-order valence-corrected chi connectivity index (χ3v) is 6.17. The number of halogens is 1. The van der Waals surface area contributed by atoms with Crippen LogP contribution in [0.5, 0.6) is 0 Å². The second-order valence-corrected chi connectivity index (χ2v) is 7.62. The number of likely N-dealkylation sites (tertiary alicyclic amines) is 1. The van der Waals surface area contributed by atoms with Crippen LogP contribution in [0.1, 0.15) is 51.9 Å². The van der Waals surface area contributed by atoms with Crippen molar-refractivity contribution in [2.75, 3.05) is 26.2 Å². The van der Waals surface area contributed by atoms with E-state index in [1.807, 2.05) is 0 Å². The van der Waals surface area contributed by atoms with Gasteiger partial charge in [0.15, 0.2) is 5.96 Å². The van der Waals surface area contributed by atoms with Gasteiger partial charge < -0.3 is 15.0 Å². The van der Waals surface area contributed by atoms with Crippen LogP contribution in [0.15, 0.2) is 16.6 Å². The van der Waals surface area contributed by atoms with Crippen LogP contribution in [0.4, 0.5) is 0 Å². The quantitative estimate of drug-likeness (QED) is 0.311. The molecule has 5 heteroatoms. The highest BCUT2D eigenvalue weighted by Crippen LogP contribution is 2.47.